The Hall–Kier alpha value is -2.70. The number of carbonyl (C=O) groups excluding carboxylic acids is 1. The van der Waals surface area contributed by atoms with Gasteiger partial charge in [0.1, 0.15) is 0 Å². The molecule has 0 fully saturated rings. The third-order valence-electron chi connectivity index (χ3n) is 4.13. The second kappa shape index (κ2) is 7.68. The van der Waals surface area contributed by atoms with Crippen molar-refractivity contribution in [3.63, 3.8) is 0 Å². The summed E-state index contributed by atoms with van der Waals surface area (Å²) in [6.07, 6.45) is -0.0900. The van der Waals surface area contributed by atoms with Gasteiger partial charge in [-0.2, -0.15) is 0 Å². The van der Waals surface area contributed by atoms with Crippen LogP contribution in [0.3, 0.4) is 0 Å². The first kappa shape index (κ1) is 18.1. The van der Waals surface area contributed by atoms with Crippen LogP contribution < -0.4 is 4.72 Å². The van der Waals surface area contributed by atoms with Crippen LogP contribution in [0.2, 0.25) is 0 Å². The highest BCUT2D eigenvalue weighted by Crippen LogP contribution is 2.23. The van der Waals surface area contributed by atoms with E-state index in [0.29, 0.717) is 5.56 Å². The molecule has 5 nitrogen and oxygen atoms in total. The van der Waals surface area contributed by atoms with E-state index in [1.807, 2.05) is 30.3 Å². The minimum atomic E-state index is -3.81. The molecule has 0 heterocycles. The van der Waals surface area contributed by atoms with Crippen molar-refractivity contribution in [2.45, 2.75) is 17.4 Å². The van der Waals surface area contributed by atoms with Crippen molar-refractivity contribution in [1.29, 1.82) is 0 Å². The summed E-state index contributed by atoms with van der Waals surface area (Å²) in [4.78, 5) is 11.9. The molecule has 0 spiro atoms. The average molecular weight is 369 g/mol. The first-order valence-electron chi connectivity index (χ1n) is 8.12. The summed E-state index contributed by atoms with van der Waals surface area (Å²) in [7, 11) is -2.53. The van der Waals surface area contributed by atoms with Gasteiger partial charge >= 0.3 is 5.97 Å². The van der Waals surface area contributed by atoms with Crippen molar-refractivity contribution >= 4 is 26.8 Å². The van der Waals surface area contributed by atoms with E-state index in [9.17, 15) is 13.2 Å². The summed E-state index contributed by atoms with van der Waals surface area (Å²) in [6.45, 7) is 0. The molecular weight excluding hydrogens is 350 g/mol. The van der Waals surface area contributed by atoms with Crippen molar-refractivity contribution in [1.82, 2.24) is 4.72 Å². The van der Waals surface area contributed by atoms with Crippen molar-refractivity contribution < 1.29 is 17.9 Å². The first-order chi connectivity index (χ1) is 12.5. The van der Waals surface area contributed by atoms with E-state index < -0.39 is 22.0 Å². The summed E-state index contributed by atoms with van der Waals surface area (Å²) in [5, 5.41) is 1.79. The number of hydrogen-bond donors (Lipinski definition) is 1. The van der Waals surface area contributed by atoms with Gasteiger partial charge in [0, 0.05) is 0 Å². The molecule has 0 aliphatic heterocycles. The zero-order chi connectivity index (χ0) is 18.6. The Morgan fingerprint density at radius 2 is 1.62 bits per heavy atom. The zero-order valence-corrected chi connectivity index (χ0v) is 15.1. The van der Waals surface area contributed by atoms with Crippen LogP contribution in [0, 0.1) is 0 Å². The molecule has 134 valence electrons. The fraction of sp³-hybridized carbons (Fsp3) is 0.150. The van der Waals surface area contributed by atoms with Crippen molar-refractivity contribution in [2.24, 2.45) is 0 Å². The van der Waals surface area contributed by atoms with E-state index in [1.54, 1.807) is 42.5 Å². The van der Waals surface area contributed by atoms with Crippen molar-refractivity contribution in [3.8, 4) is 0 Å². The third kappa shape index (κ3) is 4.09. The second-order valence-electron chi connectivity index (χ2n) is 5.87. The largest absolute Gasteiger partial charge is 0.469 e. The predicted octanol–water partition coefficient (Wildman–Crippen LogP) is 3.42. The van der Waals surface area contributed by atoms with Crippen LogP contribution in [0.5, 0.6) is 0 Å². The Kier molecular flexibility index (Phi) is 5.35. The maximum absolute atomic E-state index is 12.9. The lowest BCUT2D eigenvalue weighted by Crippen LogP contribution is -2.30. The van der Waals surface area contributed by atoms with Crippen LogP contribution in [-0.4, -0.2) is 21.5 Å². The molecule has 6 heteroatoms. The van der Waals surface area contributed by atoms with Gasteiger partial charge in [0.05, 0.1) is 24.5 Å². The predicted molar refractivity (Wildman–Crippen MR) is 100 cm³/mol. The molecule has 0 aliphatic rings. The fourth-order valence-electron chi connectivity index (χ4n) is 2.75. The molecule has 0 saturated heterocycles. The Bertz CT molecular complexity index is 1020. The monoisotopic (exact) mass is 369 g/mol. The lowest BCUT2D eigenvalue weighted by molar-refractivity contribution is -0.141. The van der Waals surface area contributed by atoms with Crippen LogP contribution >= 0.6 is 0 Å². The van der Waals surface area contributed by atoms with Gasteiger partial charge in [-0.1, -0.05) is 60.7 Å². The summed E-state index contributed by atoms with van der Waals surface area (Å²) in [6, 6.07) is 20.7. The minimum Gasteiger partial charge on any atom is -0.469 e. The van der Waals surface area contributed by atoms with Gasteiger partial charge in [0.25, 0.3) is 0 Å². The van der Waals surface area contributed by atoms with Gasteiger partial charge in [0.2, 0.25) is 10.0 Å². The van der Waals surface area contributed by atoms with Gasteiger partial charge in [-0.25, -0.2) is 13.1 Å². The molecule has 3 aromatic rings. The Balaban J connectivity index is 1.94. The normalized spacial score (nSPS) is 12.7. The van der Waals surface area contributed by atoms with Crippen molar-refractivity contribution in [2.75, 3.05) is 7.11 Å². The Morgan fingerprint density at radius 1 is 0.962 bits per heavy atom. The molecule has 0 bridgehead atoms. The molecule has 0 amide bonds. The van der Waals surface area contributed by atoms with E-state index in [-0.39, 0.29) is 11.3 Å². The molecule has 0 radical (unpaired) electrons. The Morgan fingerprint density at radius 3 is 2.31 bits per heavy atom. The molecule has 0 saturated carbocycles. The van der Waals surface area contributed by atoms with E-state index in [0.717, 1.165) is 10.8 Å². The molecule has 0 aliphatic carbocycles. The number of benzene rings is 3. The van der Waals surface area contributed by atoms with Gasteiger partial charge in [-0.05, 0) is 28.5 Å². The molecule has 3 aromatic carbocycles. The maximum atomic E-state index is 12.9. The molecule has 1 N–H and O–H groups in total. The fourth-order valence-corrected chi connectivity index (χ4v) is 4.01. The molecule has 1 atom stereocenters. The van der Waals surface area contributed by atoms with Crippen molar-refractivity contribution in [3.05, 3.63) is 78.4 Å². The number of esters is 1. The molecule has 0 aromatic heterocycles. The van der Waals surface area contributed by atoms with Gasteiger partial charge in [-0.15, -0.1) is 0 Å². The minimum absolute atomic E-state index is 0.0900. The van der Waals surface area contributed by atoms with Gasteiger partial charge in [0.15, 0.2) is 0 Å². The van der Waals surface area contributed by atoms with Crippen LogP contribution in [0.1, 0.15) is 18.0 Å². The van der Waals surface area contributed by atoms with E-state index in [1.165, 1.54) is 7.11 Å². The SMILES string of the molecule is COC(=O)CC(NS(=O)(=O)c1ccc2ccccc2c1)c1ccccc1. The zero-order valence-electron chi connectivity index (χ0n) is 14.3. The number of ether oxygens (including phenoxy) is 1. The number of carbonyl (C=O) groups is 1. The molecule has 26 heavy (non-hydrogen) atoms. The summed E-state index contributed by atoms with van der Waals surface area (Å²) < 4.78 is 33.1. The molecular formula is C20H19NO4S. The first-order valence-corrected chi connectivity index (χ1v) is 9.61. The number of nitrogens with one attached hydrogen (secondary N) is 1. The summed E-state index contributed by atoms with van der Waals surface area (Å²) in [5.41, 5.74) is 0.697. The maximum Gasteiger partial charge on any atom is 0.307 e. The van der Waals surface area contributed by atoms with E-state index in [4.69, 9.17) is 4.74 Å². The lowest BCUT2D eigenvalue weighted by atomic mass is 10.1. The van der Waals surface area contributed by atoms with Crippen LogP contribution in [-0.2, 0) is 19.6 Å². The highest BCUT2D eigenvalue weighted by Gasteiger charge is 2.24. The lowest BCUT2D eigenvalue weighted by Gasteiger charge is -2.18. The standard InChI is InChI=1S/C20H19NO4S/c1-25-20(22)14-19(16-8-3-2-4-9-16)21-26(23,24)18-12-11-15-7-5-6-10-17(15)13-18/h2-13,19,21H,14H2,1H3. The number of methoxy groups -OCH3 is 1. The number of sulfonamides is 1. The molecule has 1 unspecified atom stereocenters. The number of fused-ring (bicyclic) bond motifs is 1. The average Bonchev–Trinajstić information content (AvgIpc) is 2.67. The third-order valence-corrected chi connectivity index (χ3v) is 5.60. The number of hydrogen-bond acceptors (Lipinski definition) is 4. The van der Waals surface area contributed by atoms with Gasteiger partial charge in [-0.3, -0.25) is 4.79 Å². The summed E-state index contributed by atoms with van der Waals surface area (Å²) in [5.74, 6) is -0.486. The smallest absolute Gasteiger partial charge is 0.307 e. The Labute approximate surface area is 152 Å². The quantitative estimate of drug-likeness (QED) is 0.676. The van der Waals surface area contributed by atoms with Crippen LogP contribution in [0.15, 0.2) is 77.7 Å². The highest BCUT2D eigenvalue weighted by atomic mass is 32.2. The molecule has 3 rings (SSSR count). The van der Waals surface area contributed by atoms with E-state index >= 15 is 0 Å². The number of rotatable bonds is 6. The van der Waals surface area contributed by atoms with Crippen LogP contribution in [0.25, 0.3) is 10.8 Å². The second-order valence-corrected chi connectivity index (χ2v) is 7.59. The summed E-state index contributed by atoms with van der Waals surface area (Å²) >= 11 is 0. The topological polar surface area (TPSA) is 72.5 Å². The van der Waals surface area contributed by atoms with E-state index in [2.05, 4.69) is 4.72 Å². The highest BCUT2D eigenvalue weighted by molar-refractivity contribution is 7.89. The van der Waals surface area contributed by atoms with Crippen LogP contribution in [0.4, 0.5) is 0 Å². The van der Waals surface area contributed by atoms with Gasteiger partial charge < -0.3 is 4.74 Å².